The first-order valence-corrected chi connectivity index (χ1v) is 8.59. The monoisotopic (exact) mass is 286 g/mol. The Morgan fingerprint density at radius 1 is 1.47 bits per heavy atom. The Bertz CT molecular complexity index is 508. The second-order valence-electron chi connectivity index (χ2n) is 5.31. The minimum absolute atomic E-state index is 0.0537. The SMILES string of the molecule is CS(=O)(=O)c1ccc(CN2CCCC(CCN)C2)o1. The predicted octanol–water partition coefficient (Wildman–Crippen LogP) is 1.24. The zero-order chi connectivity index (χ0) is 13.9. The highest BCUT2D eigenvalue weighted by Crippen LogP contribution is 2.22. The Morgan fingerprint density at radius 2 is 2.26 bits per heavy atom. The maximum Gasteiger partial charge on any atom is 0.217 e. The van der Waals surface area contributed by atoms with E-state index >= 15 is 0 Å². The molecule has 1 aliphatic heterocycles. The van der Waals surface area contributed by atoms with Crippen molar-refractivity contribution < 1.29 is 12.8 Å². The van der Waals surface area contributed by atoms with Crippen LogP contribution in [-0.2, 0) is 16.4 Å². The molecule has 0 saturated carbocycles. The van der Waals surface area contributed by atoms with Crippen LogP contribution in [0.15, 0.2) is 21.6 Å². The molecule has 2 rings (SSSR count). The molecule has 6 heteroatoms. The van der Waals surface area contributed by atoms with Gasteiger partial charge in [0.2, 0.25) is 14.9 Å². The van der Waals surface area contributed by atoms with Crippen LogP contribution >= 0.6 is 0 Å². The van der Waals surface area contributed by atoms with E-state index in [4.69, 9.17) is 10.2 Å². The third kappa shape index (κ3) is 4.06. The number of hydrogen-bond acceptors (Lipinski definition) is 5. The summed E-state index contributed by atoms with van der Waals surface area (Å²) < 4.78 is 28.1. The highest BCUT2D eigenvalue weighted by atomic mass is 32.2. The average Bonchev–Trinajstić information content (AvgIpc) is 2.78. The number of furan rings is 1. The fourth-order valence-electron chi connectivity index (χ4n) is 2.63. The first kappa shape index (κ1) is 14.6. The smallest absolute Gasteiger partial charge is 0.217 e. The lowest BCUT2D eigenvalue weighted by atomic mass is 9.95. The summed E-state index contributed by atoms with van der Waals surface area (Å²) in [5.74, 6) is 1.37. The summed E-state index contributed by atoms with van der Waals surface area (Å²) in [6.45, 7) is 3.47. The van der Waals surface area contributed by atoms with Crippen LogP contribution < -0.4 is 5.73 Å². The molecule has 0 radical (unpaired) electrons. The van der Waals surface area contributed by atoms with Crippen LogP contribution in [0.3, 0.4) is 0 Å². The molecular formula is C13H22N2O3S. The third-order valence-corrected chi connectivity index (χ3v) is 4.51. The molecule has 1 saturated heterocycles. The Morgan fingerprint density at radius 3 is 2.89 bits per heavy atom. The van der Waals surface area contributed by atoms with Crippen molar-refractivity contribution in [3.8, 4) is 0 Å². The van der Waals surface area contributed by atoms with E-state index in [-0.39, 0.29) is 5.09 Å². The quantitative estimate of drug-likeness (QED) is 0.881. The number of rotatable bonds is 5. The van der Waals surface area contributed by atoms with E-state index in [2.05, 4.69) is 4.90 Å². The van der Waals surface area contributed by atoms with E-state index in [1.54, 1.807) is 6.07 Å². The van der Waals surface area contributed by atoms with Crippen LogP contribution in [0.25, 0.3) is 0 Å². The van der Waals surface area contributed by atoms with Crippen molar-refractivity contribution in [3.63, 3.8) is 0 Å². The molecule has 0 bridgehead atoms. The lowest BCUT2D eigenvalue weighted by Gasteiger charge is -2.31. The Kier molecular flexibility index (Phi) is 4.65. The summed E-state index contributed by atoms with van der Waals surface area (Å²) in [6, 6.07) is 3.29. The van der Waals surface area contributed by atoms with Crippen LogP contribution in [0, 0.1) is 5.92 Å². The van der Waals surface area contributed by atoms with Crippen molar-refractivity contribution in [3.05, 3.63) is 17.9 Å². The molecular weight excluding hydrogens is 264 g/mol. The van der Waals surface area contributed by atoms with Gasteiger partial charge in [-0.1, -0.05) is 0 Å². The van der Waals surface area contributed by atoms with Gasteiger partial charge < -0.3 is 10.2 Å². The van der Waals surface area contributed by atoms with Crippen LogP contribution in [0.5, 0.6) is 0 Å². The lowest BCUT2D eigenvalue weighted by Crippen LogP contribution is -2.35. The van der Waals surface area contributed by atoms with E-state index in [1.807, 2.05) is 0 Å². The van der Waals surface area contributed by atoms with Crippen LogP contribution in [-0.4, -0.2) is 39.2 Å². The van der Waals surface area contributed by atoms with Gasteiger partial charge in [-0.15, -0.1) is 0 Å². The molecule has 2 N–H and O–H groups in total. The largest absolute Gasteiger partial charge is 0.448 e. The van der Waals surface area contributed by atoms with Gasteiger partial charge in [0.1, 0.15) is 5.76 Å². The van der Waals surface area contributed by atoms with Gasteiger partial charge in [0.25, 0.3) is 0 Å². The molecule has 1 aliphatic rings. The topological polar surface area (TPSA) is 76.5 Å². The van der Waals surface area contributed by atoms with E-state index in [0.29, 0.717) is 18.2 Å². The molecule has 1 aromatic rings. The minimum Gasteiger partial charge on any atom is -0.448 e. The van der Waals surface area contributed by atoms with E-state index in [9.17, 15) is 8.42 Å². The normalized spacial score (nSPS) is 21.7. The zero-order valence-corrected chi connectivity index (χ0v) is 12.2. The van der Waals surface area contributed by atoms with Gasteiger partial charge in [0.15, 0.2) is 0 Å². The molecule has 0 aromatic carbocycles. The fraction of sp³-hybridized carbons (Fsp3) is 0.692. The molecule has 1 unspecified atom stereocenters. The molecule has 1 fully saturated rings. The van der Waals surface area contributed by atoms with Crippen LogP contribution in [0.1, 0.15) is 25.0 Å². The van der Waals surface area contributed by atoms with Crippen molar-refractivity contribution in [1.29, 1.82) is 0 Å². The highest BCUT2D eigenvalue weighted by Gasteiger charge is 2.21. The van der Waals surface area contributed by atoms with Crippen molar-refractivity contribution in [2.45, 2.75) is 30.9 Å². The van der Waals surface area contributed by atoms with Gasteiger partial charge in [0.05, 0.1) is 6.54 Å². The summed E-state index contributed by atoms with van der Waals surface area (Å²) in [5.41, 5.74) is 5.60. The number of nitrogens with two attached hydrogens (primary N) is 1. The molecule has 0 spiro atoms. The van der Waals surface area contributed by atoms with E-state index in [0.717, 1.165) is 32.3 Å². The number of hydrogen-bond donors (Lipinski definition) is 1. The van der Waals surface area contributed by atoms with Crippen LogP contribution in [0.4, 0.5) is 0 Å². The summed E-state index contributed by atoms with van der Waals surface area (Å²) in [4.78, 5) is 2.31. The molecule has 0 amide bonds. The van der Waals surface area contributed by atoms with Gasteiger partial charge in [-0.05, 0) is 50.4 Å². The van der Waals surface area contributed by atoms with Gasteiger partial charge >= 0.3 is 0 Å². The summed E-state index contributed by atoms with van der Waals surface area (Å²) in [7, 11) is -3.24. The summed E-state index contributed by atoms with van der Waals surface area (Å²) >= 11 is 0. The zero-order valence-electron chi connectivity index (χ0n) is 11.3. The number of piperidine rings is 1. The molecule has 1 atom stereocenters. The second-order valence-corrected chi connectivity index (χ2v) is 7.26. The Balaban J connectivity index is 1.95. The summed E-state index contributed by atoms with van der Waals surface area (Å²) in [5, 5.41) is 0.0537. The first-order chi connectivity index (χ1) is 8.99. The van der Waals surface area contributed by atoms with E-state index in [1.165, 1.54) is 18.9 Å². The number of nitrogens with zero attached hydrogens (tertiary/aromatic N) is 1. The predicted molar refractivity (Wildman–Crippen MR) is 73.5 cm³/mol. The van der Waals surface area contributed by atoms with E-state index < -0.39 is 9.84 Å². The Labute approximate surface area is 114 Å². The van der Waals surface area contributed by atoms with Crippen molar-refractivity contribution in [2.75, 3.05) is 25.9 Å². The average molecular weight is 286 g/mol. The first-order valence-electron chi connectivity index (χ1n) is 6.70. The van der Waals surface area contributed by atoms with Crippen LogP contribution in [0.2, 0.25) is 0 Å². The molecule has 1 aromatic heterocycles. The maximum absolute atomic E-state index is 11.4. The standard InChI is InChI=1S/C13H22N2O3S/c1-19(16,17)13-5-4-12(18-13)10-15-8-2-3-11(9-15)6-7-14/h4-5,11H,2-3,6-10,14H2,1H3. The molecule has 2 heterocycles. The van der Waals surface area contributed by atoms with Gasteiger partial charge in [0, 0.05) is 12.8 Å². The van der Waals surface area contributed by atoms with Gasteiger partial charge in [-0.25, -0.2) is 8.42 Å². The van der Waals surface area contributed by atoms with Crippen molar-refractivity contribution in [1.82, 2.24) is 4.90 Å². The van der Waals surface area contributed by atoms with Gasteiger partial charge in [-0.2, -0.15) is 0 Å². The van der Waals surface area contributed by atoms with Crippen molar-refractivity contribution in [2.24, 2.45) is 11.7 Å². The second kappa shape index (κ2) is 6.07. The lowest BCUT2D eigenvalue weighted by molar-refractivity contribution is 0.150. The third-order valence-electron chi connectivity index (χ3n) is 3.56. The van der Waals surface area contributed by atoms with Gasteiger partial charge in [-0.3, -0.25) is 4.90 Å². The molecule has 108 valence electrons. The Hall–Kier alpha value is -0.850. The minimum atomic E-state index is -3.24. The maximum atomic E-state index is 11.4. The molecule has 19 heavy (non-hydrogen) atoms. The molecule has 0 aliphatic carbocycles. The summed E-state index contributed by atoms with van der Waals surface area (Å²) in [6.07, 6.45) is 4.63. The number of sulfone groups is 1. The van der Waals surface area contributed by atoms with Crippen molar-refractivity contribution >= 4 is 9.84 Å². The molecule has 5 nitrogen and oxygen atoms in total. The fourth-order valence-corrected chi connectivity index (χ4v) is 3.20. The number of likely N-dealkylation sites (tertiary alicyclic amines) is 1. The highest BCUT2D eigenvalue weighted by molar-refractivity contribution is 7.90.